The smallest absolute Gasteiger partial charge is 0.177 e. The van der Waals surface area contributed by atoms with Crippen LogP contribution >= 0.6 is 23.1 Å². The van der Waals surface area contributed by atoms with Gasteiger partial charge in [-0.2, -0.15) is 0 Å². The zero-order valence-corrected chi connectivity index (χ0v) is 18.4. The molecule has 0 bridgehead atoms. The Morgan fingerprint density at radius 3 is 2.83 bits per heavy atom. The van der Waals surface area contributed by atoms with Gasteiger partial charge >= 0.3 is 0 Å². The molecule has 0 saturated carbocycles. The minimum absolute atomic E-state index is 0.0291. The van der Waals surface area contributed by atoms with Crippen molar-refractivity contribution in [2.75, 3.05) is 19.4 Å². The van der Waals surface area contributed by atoms with Crippen LogP contribution in [0.15, 0.2) is 34.0 Å². The van der Waals surface area contributed by atoms with Crippen LogP contribution in [-0.2, 0) is 6.54 Å². The van der Waals surface area contributed by atoms with Crippen molar-refractivity contribution in [3.05, 3.63) is 24.5 Å². The topological polar surface area (TPSA) is 104 Å². The molecule has 4 rings (SSSR count). The number of nitrogens with two attached hydrogens (primary N) is 1. The number of rotatable bonds is 6. The summed E-state index contributed by atoms with van der Waals surface area (Å²) in [5, 5.41) is 4.30. The van der Waals surface area contributed by atoms with E-state index in [2.05, 4.69) is 40.6 Å². The van der Waals surface area contributed by atoms with E-state index < -0.39 is 0 Å². The molecule has 3 aromatic heterocycles. The van der Waals surface area contributed by atoms with Crippen molar-refractivity contribution in [1.82, 2.24) is 29.8 Å². The first-order chi connectivity index (χ1) is 13.9. The number of methoxy groups -OCH3 is 1. The molecule has 0 saturated heterocycles. The van der Waals surface area contributed by atoms with Crippen molar-refractivity contribution in [2.24, 2.45) is 0 Å². The number of thiazole rings is 1. The zero-order chi connectivity index (χ0) is 20.6. The van der Waals surface area contributed by atoms with Crippen LogP contribution in [0.2, 0.25) is 0 Å². The second-order valence-electron chi connectivity index (χ2n) is 7.54. The predicted molar refractivity (Wildman–Crippen MR) is 118 cm³/mol. The van der Waals surface area contributed by atoms with E-state index in [1.54, 1.807) is 18.4 Å². The Kier molecular flexibility index (Phi) is 5.32. The van der Waals surface area contributed by atoms with Gasteiger partial charge in [0.1, 0.15) is 12.1 Å². The number of aromatic nitrogens is 5. The summed E-state index contributed by atoms with van der Waals surface area (Å²) in [5.74, 6) is 1.20. The summed E-state index contributed by atoms with van der Waals surface area (Å²) in [7, 11) is 1.67. The summed E-state index contributed by atoms with van der Waals surface area (Å²) in [5.41, 5.74) is 8.33. The van der Waals surface area contributed by atoms with Gasteiger partial charge < -0.3 is 20.4 Å². The summed E-state index contributed by atoms with van der Waals surface area (Å²) in [6.45, 7) is 7.91. The lowest BCUT2D eigenvalue weighted by Gasteiger charge is -2.21. The van der Waals surface area contributed by atoms with Crippen LogP contribution in [0.5, 0.6) is 5.75 Å². The molecule has 0 radical (unpaired) electrons. The van der Waals surface area contributed by atoms with Crippen LogP contribution < -0.4 is 15.8 Å². The molecule has 0 aliphatic carbocycles. The SMILES string of the molecule is COc1cccc2nc(Sc3nc4c(N)ncnc4n3CCNC(C)(C)C)sc12. The lowest BCUT2D eigenvalue weighted by atomic mass is 10.1. The first-order valence-corrected chi connectivity index (χ1v) is 10.8. The molecule has 3 heterocycles. The maximum Gasteiger partial charge on any atom is 0.177 e. The molecule has 29 heavy (non-hydrogen) atoms. The number of nitrogens with one attached hydrogen (secondary N) is 1. The molecule has 0 aliphatic rings. The Hall–Kier alpha value is -2.43. The van der Waals surface area contributed by atoms with Gasteiger partial charge in [0.15, 0.2) is 26.5 Å². The van der Waals surface area contributed by atoms with E-state index in [0.717, 1.165) is 37.7 Å². The van der Waals surface area contributed by atoms with Gasteiger partial charge in [0.05, 0.1) is 17.3 Å². The number of nitrogen functional groups attached to an aromatic ring is 1. The summed E-state index contributed by atoms with van der Waals surface area (Å²) >= 11 is 3.09. The van der Waals surface area contributed by atoms with E-state index in [9.17, 15) is 0 Å². The summed E-state index contributed by atoms with van der Waals surface area (Å²) in [4.78, 5) is 18.0. The van der Waals surface area contributed by atoms with E-state index in [4.69, 9.17) is 20.4 Å². The monoisotopic (exact) mass is 429 g/mol. The predicted octanol–water partition coefficient (Wildman–Crippen LogP) is 3.57. The Morgan fingerprint density at radius 2 is 2.07 bits per heavy atom. The van der Waals surface area contributed by atoms with Crippen LogP contribution in [0.1, 0.15) is 20.8 Å². The molecule has 0 spiro atoms. The average molecular weight is 430 g/mol. The molecule has 8 nitrogen and oxygen atoms in total. The Morgan fingerprint density at radius 1 is 1.24 bits per heavy atom. The number of hydrogen-bond donors (Lipinski definition) is 2. The van der Waals surface area contributed by atoms with Crippen LogP contribution in [-0.4, -0.2) is 43.7 Å². The molecule has 152 valence electrons. The molecule has 0 fully saturated rings. The number of anilines is 1. The Bertz CT molecular complexity index is 1160. The van der Waals surface area contributed by atoms with Gasteiger partial charge in [-0.3, -0.25) is 0 Å². The normalized spacial score (nSPS) is 12.1. The van der Waals surface area contributed by atoms with Gasteiger partial charge in [0.25, 0.3) is 0 Å². The van der Waals surface area contributed by atoms with E-state index in [-0.39, 0.29) is 5.54 Å². The highest BCUT2D eigenvalue weighted by Crippen LogP contribution is 2.38. The minimum Gasteiger partial charge on any atom is -0.495 e. The third-order valence-electron chi connectivity index (χ3n) is 4.27. The maximum atomic E-state index is 6.05. The second kappa shape index (κ2) is 7.77. The maximum absolute atomic E-state index is 6.05. The van der Waals surface area contributed by atoms with E-state index in [1.165, 1.54) is 18.1 Å². The third kappa shape index (κ3) is 4.14. The number of hydrogen-bond acceptors (Lipinski definition) is 9. The minimum atomic E-state index is 0.0291. The van der Waals surface area contributed by atoms with Crippen LogP contribution in [0.25, 0.3) is 21.4 Å². The molecule has 3 N–H and O–H groups in total. The standard InChI is InChI=1S/C19H23N7OS2/c1-19(2,3)23-8-9-26-16-13(15(20)21-10-22-16)25-17(26)29-18-24-11-6-5-7-12(27-4)14(11)28-18/h5-7,10,23H,8-9H2,1-4H3,(H2,20,21,22). The van der Waals surface area contributed by atoms with Gasteiger partial charge in [-0.1, -0.05) is 6.07 Å². The van der Waals surface area contributed by atoms with Crippen molar-refractivity contribution in [2.45, 2.75) is 42.4 Å². The molecule has 4 aromatic rings. The molecular formula is C19H23N7OS2. The van der Waals surface area contributed by atoms with E-state index in [1.807, 2.05) is 18.2 Å². The van der Waals surface area contributed by atoms with Crippen LogP contribution in [0, 0.1) is 0 Å². The molecule has 0 atom stereocenters. The van der Waals surface area contributed by atoms with Gasteiger partial charge in [-0.15, -0.1) is 11.3 Å². The van der Waals surface area contributed by atoms with Gasteiger partial charge in [0, 0.05) is 18.6 Å². The molecule has 0 unspecified atom stereocenters. The lowest BCUT2D eigenvalue weighted by molar-refractivity contribution is 0.409. The van der Waals surface area contributed by atoms with Crippen molar-refractivity contribution in [3.8, 4) is 5.75 Å². The van der Waals surface area contributed by atoms with Gasteiger partial charge in [0.2, 0.25) is 0 Å². The molecule has 10 heteroatoms. The van der Waals surface area contributed by atoms with E-state index in [0.29, 0.717) is 17.9 Å². The van der Waals surface area contributed by atoms with Crippen LogP contribution in [0.4, 0.5) is 5.82 Å². The second-order valence-corrected chi connectivity index (χ2v) is 9.76. The summed E-state index contributed by atoms with van der Waals surface area (Å²) in [6, 6.07) is 5.87. The fourth-order valence-electron chi connectivity index (χ4n) is 2.94. The number of benzene rings is 1. The number of imidazole rings is 1. The van der Waals surface area contributed by atoms with Crippen molar-refractivity contribution >= 4 is 50.3 Å². The third-order valence-corrected chi connectivity index (χ3v) is 6.41. The number of ether oxygens (including phenoxy) is 1. The zero-order valence-electron chi connectivity index (χ0n) is 16.8. The van der Waals surface area contributed by atoms with Crippen molar-refractivity contribution in [3.63, 3.8) is 0 Å². The highest BCUT2D eigenvalue weighted by Gasteiger charge is 2.19. The average Bonchev–Trinajstić information content (AvgIpc) is 3.23. The van der Waals surface area contributed by atoms with E-state index >= 15 is 0 Å². The van der Waals surface area contributed by atoms with Crippen molar-refractivity contribution < 1.29 is 4.74 Å². The van der Waals surface area contributed by atoms with Gasteiger partial charge in [-0.25, -0.2) is 19.9 Å². The first-order valence-electron chi connectivity index (χ1n) is 9.19. The highest BCUT2D eigenvalue weighted by molar-refractivity contribution is 8.01. The summed E-state index contributed by atoms with van der Waals surface area (Å²) < 4.78 is 9.44. The molecule has 1 aromatic carbocycles. The molecular weight excluding hydrogens is 406 g/mol. The largest absolute Gasteiger partial charge is 0.495 e. The first kappa shape index (κ1) is 19.9. The molecule has 0 amide bonds. The quantitative estimate of drug-likeness (QED) is 0.479. The number of fused-ring (bicyclic) bond motifs is 2. The fraction of sp³-hybridized carbons (Fsp3) is 0.368. The lowest BCUT2D eigenvalue weighted by Crippen LogP contribution is -2.37. The molecule has 0 aliphatic heterocycles. The van der Waals surface area contributed by atoms with Crippen LogP contribution in [0.3, 0.4) is 0 Å². The van der Waals surface area contributed by atoms with Crippen molar-refractivity contribution in [1.29, 1.82) is 0 Å². The number of nitrogens with zero attached hydrogens (tertiary/aromatic N) is 5. The Labute approximate surface area is 176 Å². The highest BCUT2D eigenvalue weighted by atomic mass is 32.2. The van der Waals surface area contributed by atoms with Gasteiger partial charge in [-0.05, 0) is 44.7 Å². The fourth-order valence-corrected chi connectivity index (χ4v) is 5.10. The Balaban J connectivity index is 1.71. The summed E-state index contributed by atoms with van der Waals surface area (Å²) in [6.07, 6.45) is 1.48.